The second-order valence-electron chi connectivity index (χ2n) is 7.30. The Morgan fingerprint density at radius 1 is 0.917 bits per heavy atom. The normalized spacial score (nSPS) is 11.7. The molecule has 0 aliphatic rings. The van der Waals surface area contributed by atoms with Crippen LogP contribution in [0.3, 0.4) is 0 Å². The van der Waals surface area contributed by atoms with Crippen LogP contribution in [0.15, 0.2) is 65.8 Å². The molecule has 36 heavy (non-hydrogen) atoms. The fourth-order valence-corrected chi connectivity index (χ4v) is 3.52. The van der Waals surface area contributed by atoms with Crippen LogP contribution >= 0.6 is 34.8 Å². The van der Waals surface area contributed by atoms with Crippen LogP contribution in [0.2, 0.25) is 15.1 Å². The summed E-state index contributed by atoms with van der Waals surface area (Å²) < 4.78 is 44.3. The number of carbonyl (C=O) groups excluding carboxylic acids is 2. The smallest absolute Gasteiger partial charge is 0.416 e. The minimum absolute atomic E-state index is 0.159. The molecule has 0 spiro atoms. The molecule has 0 fully saturated rings. The zero-order chi connectivity index (χ0) is 26.5. The molecule has 0 bridgehead atoms. The first kappa shape index (κ1) is 27.3. The number of hydrogen-bond donors (Lipinski definition) is 2. The molecule has 6 nitrogen and oxygen atoms in total. The maximum Gasteiger partial charge on any atom is 0.416 e. The number of anilines is 1. The Morgan fingerprint density at radius 2 is 1.56 bits per heavy atom. The standard InChI is InChI=1S/C24H17Cl3F3N3O3/c1-13(14-5-8-16(9-6-14)36-12-17-18(25)3-2-4-19(17)26)32-33-23(35)22(34)31-21-11-15(24(28,29)30)7-10-20(21)27/h2-11H,12H2,1H3,(H,31,34)(H,33,35)/b32-13+. The van der Waals surface area contributed by atoms with Crippen molar-refractivity contribution in [3.63, 3.8) is 0 Å². The summed E-state index contributed by atoms with van der Waals surface area (Å²) in [6.07, 6.45) is -4.64. The molecule has 0 saturated carbocycles. The van der Waals surface area contributed by atoms with Gasteiger partial charge in [0.1, 0.15) is 12.4 Å². The van der Waals surface area contributed by atoms with Crippen molar-refractivity contribution in [2.45, 2.75) is 19.7 Å². The third-order valence-electron chi connectivity index (χ3n) is 4.79. The lowest BCUT2D eigenvalue weighted by Gasteiger charge is -2.11. The molecule has 3 rings (SSSR count). The van der Waals surface area contributed by atoms with E-state index in [-0.39, 0.29) is 17.3 Å². The van der Waals surface area contributed by atoms with Gasteiger partial charge in [0.05, 0.1) is 22.0 Å². The van der Waals surface area contributed by atoms with Gasteiger partial charge in [0.15, 0.2) is 0 Å². The van der Waals surface area contributed by atoms with Crippen molar-refractivity contribution < 1.29 is 27.5 Å². The molecular weight excluding hydrogens is 542 g/mol. The van der Waals surface area contributed by atoms with E-state index in [1.54, 1.807) is 49.4 Å². The topological polar surface area (TPSA) is 79.8 Å². The first-order chi connectivity index (χ1) is 17.0. The third-order valence-corrected chi connectivity index (χ3v) is 5.83. The van der Waals surface area contributed by atoms with Gasteiger partial charge in [-0.1, -0.05) is 40.9 Å². The number of nitrogens with one attached hydrogen (secondary N) is 2. The average molecular weight is 559 g/mol. The predicted molar refractivity (Wildman–Crippen MR) is 133 cm³/mol. The maximum atomic E-state index is 12.9. The number of halogens is 6. The Hall–Kier alpha value is -3.27. The number of hydrogen-bond acceptors (Lipinski definition) is 4. The molecule has 0 aromatic heterocycles. The van der Waals surface area contributed by atoms with Crippen molar-refractivity contribution in [3.8, 4) is 5.75 Å². The average Bonchev–Trinajstić information content (AvgIpc) is 2.83. The van der Waals surface area contributed by atoms with Crippen LogP contribution in [-0.2, 0) is 22.4 Å². The van der Waals surface area contributed by atoms with Crippen molar-refractivity contribution in [3.05, 3.63) is 92.4 Å². The van der Waals surface area contributed by atoms with Crippen molar-refractivity contribution in [1.29, 1.82) is 0 Å². The van der Waals surface area contributed by atoms with Crippen LogP contribution in [0.25, 0.3) is 0 Å². The van der Waals surface area contributed by atoms with E-state index in [0.29, 0.717) is 38.7 Å². The molecule has 0 radical (unpaired) electrons. The monoisotopic (exact) mass is 557 g/mol. The lowest BCUT2D eigenvalue weighted by Crippen LogP contribution is -2.33. The van der Waals surface area contributed by atoms with E-state index in [1.165, 1.54) is 0 Å². The number of amides is 2. The Labute approximate surface area is 219 Å². The summed E-state index contributed by atoms with van der Waals surface area (Å²) in [5, 5.41) is 6.69. The Bertz CT molecular complexity index is 1290. The molecule has 0 saturated heterocycles. The summed E-state index contributed by atoms with van der Waals surface area (Å²) in [5.74, 6) is -1.90. The lowest BCUT2D eigenvalue weighted by atomic mass is 10.1. The van der Waals surface area contributed by atoms with Gasteiger partial charge in [-0.15, -0.1) is 0 Å². The zero-order valence-corrected chi connectivity index (χ0v) is 20.7. The number of benzene rings is 3. The van der Waals surface area contributed by atoms with E-state index in [4.69, 9.17) is 39.5 Å². The fraction of sp³-hybridized carbons (Fsp3) is 0.125. The second kappa shape index (κ2) is 11.6. The van der Waals surface area contributed by atoms with Gasteiger partial charge in [-0.2, -0.15) is 18.3 Å². The van der Waals surface area contributed by atoms with Crippen molar-refractivity contribution in [2.75, 3.05) is 5.32 Å². The van der Waals surface area contributed by atoms with E-state index in [2.05, 4.69) is 10.5 Å². The van der Waals surface area contributed by atoms with Crippen molar-refractivity contribution in [1.82, 2.24) is 5.43 Å². The van der Waals surface area contributed by atoms with Gasteiger partial charge < -0.3 is 10.1 Å². The van der Waals surface area contributed by atoms with Gasteiger partial charge in [0, 0.05) is 15.6 Å². The Balaban J connectivity index is 1.59. The lowest BCUT2D eigenvalue weighted by molar-refractivity contribution is -0.137. The minimum atomic E-state index is -4.64. The van der Waals surface area contributed by atoms with Crippen LogP contribution in [0.1, 0.15) is 23.6 Å². The Kier molecular flexibility index (Phi) is 8.84. The van der Waals surface area contributed by atoms with Crippen LogP contribution in [0.5, 0.6) is 5.75 Å². The number of ether oxygens (including phenoxy) is 1. The maximum absolute atomic E-state index is 12.9. The molecule has 188 valence electrons. The number of rotatable bonds is 6. The first-order valence-electron chi connectivity index (χ1n) is 10.1. The van der Waals surface area contributed by atoms with E-state index in [0.717, 1.165) is 12.1 Å². The summed E-state index contributed by atoms with van der Waals surface area (Å²) in [7, 11) is 0. The van der Waals surface area contributed by atoms with Gasteiger partial charge >= 0.3 is 18.0 Å². The quantitative estimate of drug-likeness (QED) is 0.200. The molecule has 0 unspecified atom stereocenters. The van der Waals surface area contributed by atoms with Crippen LogP contribution in [-0.4, -0.2) is 17.5 Å². The van der Waals surface area contributed by atoms with Crippen LogP contribution < -0.4 is 15.5 Å². The molecule has 0 atom stereocenters. The van der Waals surface area contributed by atoms with Crippen LogP contribution in [0, 0.1) is 0 Å². The fourth-order valence-electron chi connectivity index (χ4n) is 2.84. The van der Waals surface area contributed by atoms with Gasteiger partial charge in [-0.25, -0.2) is 5.43 Å². The van der Waals surface area contributed by atoms with Gasteiger partial charge in [0.25, 0.3) is 0 Å². The number of carbonyl (C=O) groups is 2. The highest BCUT2D eigenvalue weighted by Gasteiger charge is 2.31. The van der Waals surface area contributed by atoms with Crippen molar-refractivity contribution >= 4 is 58.0 Å². The summed E-state index contributed by atoms with van der Waals surface area (Å²) in [4.78, 5) is 24.2. The van der Waals surface area contributed by atoms with E-state index in [9.17, 15) is 22.8 Å². The van der Waals surface area contributed by atoms with E-state index in [1.807, 2.05) is 5.32 Å². The molecule has 2 N–H and O–H groups in total. The summed E-state index contributed by atoms with van der Waals surface area (Å²) in [6, 6.07) is 14.2. The Morgan fingerprint density at radius 3 is 2.17 bits per heavy atom. The minimum Gasteiger partial charge on any atom is -0.489 e. The zero-order valence-electron chi connectivity index (χ0n) is 18.4. The third kappa shape index (κ3) is 7.13. The van der Waals surface area contributed by atoms with Crippen molar-refractivity contribution in [2.24, 2.45) is 5.10 Å². The summed E-state index contributed by atoms with van der Waals surface area (Å²) >= 11 is 18.1. The predicted octanol–water partition coefficient (Wildman–Crippen LogP) is 6.72. The number of nitrogens with zero attached hydrogens (tertiary/aromatic N) is 1. The van der Waals surface area contributed by atoms with Gasteiger partial charge in [-0.05, 0) is 67.1 Å². The second-order valence-corrected chi connectivity index (χ2v) is 8.52. The highest BCUT2D eigenvalue weighted by molar-refractivity contribution is 6.41. The largest absolute Gasteiger partial charge is 0.489 e. The molecule has 3 aromatic carbocycles. The molecule has 3 aromatic rings. The molecule has 0 aliphatic carbocycles. The van der Waals surface area contributed by atoms with Gasteiger partial charge in [-0.3, -0.25) is 9.59 Å². The highest BCUT2D eigenvalue weighted by Crippen LogP contribution is 2.33. The molecule has 0 heterocycles. The molecule has 0 aliphatic heterocycles. The summed E-state index contributed by atoms with van der Waals surface area (Å²) in [6.45, 7) is 1.74. The molecule has 2 amide bonds. The van der Waals surface area contributed by atoms with Crippen LogP contribution in [0.4, 0.5) is 18.9 Å². The number of hydrazone groups is 1. The highest BCUT2D eigenvalue weighted by atomic mass is 35.5. The SMILES string of the molecule is C/C(=N\NC(=O)C(=O)Nc1cc(C(F)(F)F)ccc1Cl)c1ccc(OCc2c(Cl)cccc2Cl)cc1. The number of alkyl halides is 3. The molecule has 12 heteroatoms. The molecular formula is C24H17Cl3F3N3O3. The van der Waals surface area contributed by atoms with E-state index >= 15 is 0 Å². The summed E-state index contributed by atoms with van der Waals surface area (Å²) in [5.41, 5.74) is 2.28. The van der Waals surface area contributed by atoms with E-state index < -0.39 is 23.6 Å². The first-order valence-corrected chi connectivity index (χ1v) is 11.3. The van der Waals surface area contributed by atoms with Gasteiger partial charge in [0.2, 0.25) is 0 Å².